The summed E-state index contributed by atoms with van der Waals surface area (Å²) in [4.78, 5) is 13.8. The van der Waals surface area contributed by atoms with E-state index in [1.54, 1.807) is 23.1 Å². The summed E-state index contributed by atoms with van der Waals surface area (Å²) in [6.07, 6.45) is -0.254. The van der Waals surface area contributed by atoms with Gasteiger partial charge in [-0.05, 0) is 35.6 Å². The van der Waals surface area contributed by atoms with Gasteiger partial charge >= 0.3 is 6.09 Å². The van der Waals surface area contributed by atoms with Crippen molar-refractivity contribution >= 4 is 29.3 Å². The molecule has 1 aromatic rings. The van der Waals surface area contributed by atoms with Crippen LogP contribution in [0.25, 0.3) is 0 Å². The van der Waals surface area contributed by atoms with Crippen LogP contribution in [-0.4, -0.2) is 37.2 Å². The van der Waals surface area contributed by atoms with Gasteiger partial charge in [0.1, 0.15) is 6.61 Å². The first-order valence-corrected chi connectivity index (χ1v) is 7.45. The van der Waals surface area contributed by atoms with Gasteiger partial charge in [-0.25, -0.2) is 4.79 Å². The molecular formula is C14H16Cl2N2O2. The fourth-order valence-electron chi connectivity index (χ4n) is 2.94. The van der Waals surface area contributed by atoms with Crippen molar-refractivity contribution < 1.29 is 9.53 Å². The summed E-state index contributed by atoms with van der Waals surface area (Å²) < 4.78 is 5.34. The SMILES string of the molecule is O=C(OCc1cc(Cl)cc(Cl)c1)N1CC2CNCC2C1. The van der Waals surface area contributed by atoms with E-state index in [2.05, 4.69) is 5.32 Å². The first-order chi connectivity index (χ1) is 9.61. The Hall–Kier alpha value is -0.970. The smallest absolute Gasteiger partial charge is 0.410 e. The Balaban J connectivity index is 1.54. The van der Waals surface area contributed by atoms with E-state index in [4.69, 9.17) is 27.9 Å². The molecule has 2 unspecified atom stereocenters. The molecule has 2 atom stereocenters. The van der Waals surface area contributed by atoms with Gasteiger partial charge < -0.3 is 15.0 Å². The Morgan fingerprint density at radius 1 is 1.20 bits per heavy atom. The molecule has 2 heterocycles. The summed E-state index contributed by atoms with van der Waals surface area (Å²) >= 11 is 11.8. The van der Waals surface area contributed by atoms with E-state index in [0.29, 0.717) is 21.9 Å². The van der Waals surface area contributed by atoms with Crippen LogP contribution in [-0.2, 0) is 11.3 Å². The van der Waals surface area contributed by atoms with Gasteiger partial charge in [-0.3, -0.25) is 0 Å². The highest BCUT2D eigenvalue weighted by atomic mass is 35.5. The second kappa shape index (κ2) is 5.80. The fraction of sp³-hybridized carbons (Fsp3) is 0.500. The van der Waals surface area contributed by atoms with E-state index >= 15 is 0 Å². The lowest BCUT2D eigenvalue weighted by atomic mass is 10.0. The van der Waals surface area contributed by atoms with Gasteiger partial charge in [-0.15, -0.1) is 0 Å². The molecule has 2 aliphatic heterocycles. The number of carbonyl (C=O) groups is 1. The second-order valence-electron chi connectivity index (χ2n) is 5.42. The molecule has 0 spiro atoms. The van der Waals surface area contributed by atoms with Crippen LogP contribution in [0.15, 0.2) is 18.2 Å². The zero-order valence-corrected chi connectivity index (χ0v) is 12.5. The van der Waals surface area contributed by atoms with Gasteiger partial charge in [0.15, 0.2) is 0 Å². The molecule has 2 fully saturated rings. The predicted molar refractivity (Wildman–Crippen MR) is 78.1 cm³/mol. The van der Waals surface area contributed by atoms with E-state index < -0.39 is 0 Å². The molecule has 0 aliphatic carbocycles. The summed E-state index contributed by atoms with van der Waals surface area (Å²) in [5.74, 6) is 1.14. The third-order valence-corrected chi connectivity index (χ3v) is 4.37. The van der Waals surface area contributed by atoms with E-state index in [1.807, 2.05) is 0 Å². The number of nitrogens with zero attached hydrogens (tertiary/aromatic N) is 1. The summed E-state index contributed by atoms with van der Waals surface area (Å²) in [6.45, 7) is 3.76. The molecule has 4 nitrogen and oxygen atoms in total. The third-order valence-electron chi connectivity index (χ3n) is 3.93. The highest BCUT2D eigenvalue weighted by molar-refractivity contribution is 6.34. The van der Waals surface area contributed by atoms with Crippen molar-refractivity contribution in [2.45, 2.75) is 6.61 Å². The van der Waals surface area contributed by atoms with Crippen molar-refractivity contribution in [1.29, 1.82) is 0 Å². The number of hydrogen-bond acceptors (Lipinski definition) is 3. The number of carbonyl (C=O) groups excluding carboxylic acids is 1. The van der Waals surface area contributed by atoms with E-state index in [-0.39, 0.29) is 12.7 Å². The van der Waals surface area contributed by atoms with Crippen LogP contribution in [0.4, 0.5) is 4.79 Å². The van der Waals surface area contributed by atoms with Gasteiger partial charge in [0, 0.05) is 36.2 Å². The number of amides is 1. The monoisotopic (exact) mass is 314 g/mol. The first kappa shape index (κ1) is 14.0. The number of ether oxygens (including phenoxy) is 1. The number of likely N-dealkylation sites (tertiary alicyclic amines) is 1. The zero-order chi connectivity index (χ0) is 14.1. The van der Waals surface area contributed by atoms with Crippen LogP contribution < -0.4 is 5.32 Å². The maximum atomic E-state index is 12.0. The van der Waals surface area contributed by atoms with Crippen LogP contribution in [0, 0.1) is 11.8 Å². The highest BCUT2D eigenvalue weighted by Gasteiger charge is 2.38. The second-order valence-corrected chi connectivity index (χ2v) is 6.29. The number of benzene rings is 1. The Morgan fingerprint density at radius 2 is 1.80 bits per heavy atom. The standard InChI is InChI=1S/C14H16Cl2N2O2/c15-12-1-9(2-13(16)3-12)8-20-14(19)18-6-10-4-17-5-11(10)7-18/h1-3,10-11,17H,4-8H2. The number of hydrogen-bond donors (Lipinski definition) is 1. The van der Waals surface area contributed by atoms with Gasteiger partial charge in [0.25, 0.3) is 0 Å². The Kier molecular flexibility index (Phi) is 4.06. The van der Waals surface area contributed by atoms with E-state index in [1.165, 1.54) is 0 Å². The minimum absolute atomic E-state index is 0.198. The molecule has 3 rings (SSSR count). The highest BCUT2D eigenvalue weighted by Crippen LogP contribution is 2.27. The minimum atomic E-state index is -0.254. The molecule has 0 radical (unpaired) electrons. The molecule has 2 aliphatic rings. The minimum Gasteiger partial charge on any atom is -0.445 e. The van der Waals surface area contributed by atoms with Gasteiger partial charge in [0.2, 0.25) is 0 Å². The molecule has 1 aromatic carbocycles. The van der Waals surface area contributed by atoms with Crippen molar-refractivity contribution in [2.24, 2.45) is 11.8 Å². The molecule has 2 saturated heterocycles. The average molecular weight is 315 g/mol. The van der Waals surface area contributed by atoms with Crippen molar-refractivity contribution in [3.8, 4) is 0 Å². The Labute approximate surface area is 128 Å². The number of halogens is 2. The normalized spacial score (nSPS) is 24.8. The van der Waals surface area contributed by atoms with Crippen LogP contribution >= 0.6 is 23.2 Å². The van der Waals surface area contributed by atoms with Crippen molar-refractivity contribution in [3.05, 3.63) is 33.8 Å². The van der Waals surface area contributed by atoms with Crippen molar-refractivity contribution in [2.75, 3.05) is 26.2 Å². The lowest BCUT2D eigenvalue weighted by Crippen LogP contribution is -2.32. The van der Waals surface area contributed by atoms with Crippen LogP contribution in [0.1, 0.15) is 5.56 Å². The molecule has 0 saturated carbocycles. The van der Waals surface area contributed by atoms with Crippen LogP contribution in [0.3, 0.4) is 0 Å². The Bertz CT molecular complexity index is 492. The van der Waals surface area contributed by atoms with Crippen molar-refractivity contribution in [3.63, 3.8) is 0 Å². The average Bonchev–Trinajstić information content (AvgIpc) is 2.95. The zero-order valence-electron chi connectivity index (χ0n) is 10.9. The number of rotatable bonds is 2. The number of fused-ring (bicyclic) bond motifs is 1. The molecule has 20 heavy (non-hydrogen) atoms. The van der Waals surface area contributed by atoms with Gasteiger partial charge in [-0.1, -0.05) is 23.2 Å². The lowest BCUT2D eigenvalue weighted by Gasteiger charge is -2.17. The van der Waals surface area contributed by atoms with Crippen molar-refractivity contribution in [1.82, 2.24) is 10.2 Å². The largest absolute Gasteiger partial charge is 0.445 e. The van der Waals surface area contributed by atoms with Crippen LogP contribution in [0.5, 0.6) is 0 Å². The van der Waals surface area contributed by atoms with Gasteiger partial charge in [0.05, 0.1) is 0 Å². The topological polar surface area (TPSA) is 41.6 Å². The quantitative estimate of drug-likeness (QED) is 0.912. The molecule has 1 amide bonds. The third kappa shape index (κ3) is 3.03. The lowest BCUT2D eigenvalue weighted by molar-refractivity contribution is 0.102. The van der Waals surface area contributed by atoms with Gasteiger partial charge in [-0.2, -0.15) is 0 Å². The first-order valence-electron chi connectivity index (χ1n) is 6.69. The number of nitrogens with one attached hydrogen (secondary N) is 1. The molecular weight excluding hydrogens is 299 g/mol. The molecule has 6 heteroatoms. The van der Waals surface area contributed by atoms with E-state index in [9.17, 15) is 4.79 Å². The molecule has 108 valence electrons. The summed E-state index contributed by atoms with van der Waals surface area (Å²) in [7, 11) is 0. The maximum Gasteiger partial charge on any atom is 0.410 e. The summed E-state index contributed by atoms with van der Waals surface area (Å²) in [6, 6.07) is 5.16. The Morgan fingerprint density at radius 3 is 2.40 bits per heavy atom. The van der Waals surface area contributed by atoms with Crippen LogP contribution in [0.2, 0.25) is 10.0 Å². The summed E-state index contributed by atoms with van der Waals surface area (Å²) in [5, 5.41) is 4.44. The molecule has 0 aromatic heterocycles. The molecule has 1 N–H and O–H groups in total. The fourth-order valence-corrected chi connectivity index (χ4v) is 3.51. The maximum absolute atomic E-state index is 12.0. The predicted octanol–water partition coefficient (Wildman–Crippen LogP) is 2.78. The summed E-state index contributed by atoms with van der Waals surface area (Å²) in [5.41, 5.74) is 0.803. The molecule has 0 bridgehead atoms. The van der Waals surface area contributed by atoms with E-state index in [0.717, 1.165) is 31.7 Å².